The predicted octanol–water partition coefficient (Wildman–Crippen LogP) is 1.61. The molecule has 0 bridgehead atoms. The molecule has 0 spiro atoms. The monoisotopic (exact) mass is 257 g/mol. The highest BCUT2D eigenvalue weighted by Crippen LogP contribution is 2.18. The summed E-state index contributed by atoms with van der Waals surface area (Å²) < 4.78 is 13.4. The molecule has 92 valence electrons. The summed E-state index contributed by atoms with van der Waals surface area (Å²) >= 11 is 0.985. The quantitative estimate of drug-likeness (QED) is 0.870. The first-order valence-electron chi connectivity index (χ1n) is 4.83. The van der Waals surface area contributed by atoms with Gasteiger partial charge in [0.2, 0.25) is 5.91 Å². The maximum absolute atomic E-state index is 13.4. The first-order chi connectivity index (χ1) is 8.02. The fraction of sp³-hybridized carbons (Fsp3) is 0.273. The van der Waals surface area contributed by atoms with Gasteiger partial charge in [-0.2, -0.15) is 0 Å². The summed E-state index contributed by atoms with van der Waals surface area (Å²) in [6.45, 7) is 0. The van der Waals surface area contributed by atoms with Gasteiger partial charge in [0.05, 0.1) is 17.2 Å². The third-order valence-corrected chi connectivity index (χ3v) is 2.94. The van der Waals surface area contributed by atoms with Gasteiger partial charge in [0.1, 0.15) is 5.82 Å². The van der Waals surface area contributed by atoms with Crippen LogP contribution in [0.3, 0.4) is 0 Å². The highest BCUT2D eigenvalue weighted by Gasteiger charge is 2.14. The van der Waals surface area contributed by atoms with Gasteiger partial charge in [-0.05, 0) is 12.1 Å². The minimum absolute atomic E-state index is 0.0110. The van der Waals surface area contributed by atoms with Crippen LogP contribution in [0.5, 0.6) is 0 Å². The first-order valence-corrected chi connectivity index (χ1v) is 5.98. The lowest BCUT2D eigenvalue weighted by molar-refractivity contribution is -0.133. The first kappa shape index (κ1) is 13.5. The number of thioether (sulfide) groups is 1. The Hall–Kier alpha value is -1.56. The van der Waals surface area contributed by atoms with Crippen LogP contribution < -0.4 is 4.90 Å². The van der Waals surface area contributed by atoms with E-state index in [1.807, 2.05) is 0 Å². The van der Waals surface area contributed by atoms with Gasteiger partial charge in [0.15, 0.2) is 0 Å². The number of nitrogens with zero attached hydrogens (tertiary/aromatic N) is 1. The van der Waals surface area contributed by atoms with E-state index < -0.39 is 11.8 Å². The van der Waals surface area contributed by atoms with E-state index in [0.717, 1.165) is 11.8 Å². The Bertz CT molecular complexity index is 425. The van der Waals surface area contributed by atoms with Crippen molar-refractivity contribution in [3.8, 4) is 0 Å². The molecule has 0 aliphatic rings. The Labute approximate surface area is 102 Å². The zero-order valence-corrected chi connectivity index (χ0v) is 10.0. The smallest absolute Gasteiger partial charge is 0.313 e. The van der Waals surface area contributed by atoms with Crippen LogP contribution in [0.4, 0.5) is 10.1 Å². The Morgan fingerprint density at radius 1 is 1.35 bits per heavy atom. The van der Waals surface area contributed by atoms with E-state index in [2.05, 4.69) is 0 Å². The van der Waals surface area contributed by atoms with Crippen molar-refractivity contribution in [3.05, 3.63) is 30.1 Å². The highest BCUT2D eigenvalue weighted by atomic mass is 32.2. The molecule has 1 aromatic rings. The highest BCUT2D eigenvalue weighted by molar-refractivity contribution is 8.00. The van der Waals surface area contributed by atoms with Crippen molar-refractivity contribution >= 4 is 29.3 Å². The average Bonchev–Trinajstić information content (AvgIpc) is 2.28. The van der Waals surface area contributed by atoms with Crippen LogP contribution >= 0.6 is 11.8 Å². The fourth-order valence-electron chi connectivity index (χ4n) is 1.18. The summed E-state index contributed by atoms with van der Waals surface area (Å²) in [5.41, 5.74) is 0.188. The van der Waals surface area contributed by atoms with Crippen molar-refractivity contribution in [2.24, 2.45) is 0 Å². The lowest BCUT2D eigenvalue weighted by Gasteiger charge is -2.17. The Balaban J connectivity index is 2.58. The van der Waals surface area contributed by atoms with Crippen LogP contribution in [0.25, 0.3) is 0 Å². The predicted molar refractivity (Wildman–Crippen MR) is 64.8 cm³/mol. The molecule has 1 rings (SSSR count). The minimum Gasteiger partial charge on any atom is -0.481 e. The average molecular weight is 257 g/mol. The van der Waals surface area contributed by atoms with Crippen molar-refractivity contribution in [3.63, 3.8) is 0 Å². The molecule has 1 N–H and O–H groups in total. The normalized spacial score (nSPS) is 10.0. The molecule has 4 nitrogen and oxygen atoms in total. The van der Waals surface area contributed by atoms with E-state index in [9.17, 15) is 14.0 Å². The van der Waals surface area contributed by atoms with E-state index in [1.165, 1.54) is 30.1 Å². The van der Waals surface area contributed by atoms with Crippen LogP contribution in [0.1, 0.15) is 0 Å². The number of anilines is 1. The lowest BCUT2D eigenvalue weighted by Crippen LogP contribution is -2.29. The fourth-order valence-corrected chi connectivity index (χ4v) is 1.83. The lowest BCUT2D eigenvalue weighted by atomic mass is 10.3. The minimum atomic E-state index is -0.976. The summed E-state index contributed by atoms with van der Waals surface area (Å²) in [5.74, 6) is -1.92. The second-order valence-electron chi connectivity index (χ2n) is 3.29. The Morgan fingerprint density at radius 2 is 2.00 bits per heavy atom. The van der Waals surface area contributed by atoms with Gasteiger partial charge >= 0.3 is 5.97 Å². The van der Waals surface area contributed by atoms with Gasteiger partial charge in [-0.25, -0.2) is 4.39 Å². The summed E-state index contributed by atoms with van der Waals surface area (Å²) in [6, 6.07) is 5.93. The zero-order chi connectivity index (χ0) is 12.8. The molecule has 1 aromatic carbocycles. The number of carbonyl (C=O) groups is 2. The molecule has 0 saturated carbocycles. The topological polar surface area (TPSA) is 57.6 Å². The summed E-state index contributed by atoms with van der Waals surface area (Å²) in [4.78, 5) is 23.1. The molecule has 0 aliphatic carbocycles. The molecule has 1 amide bonds. The molecular formula is C11H12FNO3S. The third-order valence-electron chi connectivity index (χ3n) is 2.04. The SMILES string of the molecule is CN(C(=O)CSCC(=O)O)c1ccccc1F. The number of halogens is 1. The number of para-hydroxylation sites is 1. The van der Waals surface area contributed by atoms with Crippen LogP contribution in [-0.4, -0.2) is 35.5 Å². The van der Waals surface area contributed by atoms with Gasteiger partial charge < -0.3 is 10.0 Å². The number of hydrogen-bond acceptors (Lipinski definition) is 3. The Morgan fingerprint density at radius 3 is 2.59 bits per heavy atom. The molecule has 0 saturated heterocycles. The van der Waals surface area contributed by atoms with E-state index in [-0.39, 0.29) is 23.1 Å². The maximum Gasteiger partial charge on any atom is 0.313 e. The molecule has 0 aromatic heterocycles. The van der Waals surface area contributed by atoms with Crippen molar-refractivity contribution in [1.82, 2.24) is 0 Å². The van der Waals surface area contributed by atoms with Gasteiger partial charge in [-0.15, -0.1) is 11.8 Å². The number of carbonyl (C=O) groups excluding carboxylic acids is 1. The Kier molecular flexibility index (Phi) is 4.96. The maximum atomic E-state index is 13.4. The van der Waals surface area contributed by atoms with E-state index in [1.54, 1.807) is 6.07 Å². The van der Waals surface area contributed by atoms with Gasteiger partial charge in [0.25, 0.3) is 0 Å². The number of benzene rings is 1. The molecule has 0 fully saturated rings. The second kappa shape index (κ2) is 6.24. The molecule has 0 atom stereocenters. The van der Waals surface area contributed by atoms with Crippen molar-refractivity contribution < 1.29 is 19.1 Å². The summed E-state index contributed by atoms with van der Waals surface area (Å²) in [6.07, 6.45) is 0. The molecular weight excluding hydrogens is 245 g/mol. The number of rotatable bonds is 5. The standard InChI is InChI=1S/C11H12FNO3S/c1-13(9-5-3-2-4-8(9)12)10(14)6-17-7-11(15)16/h2-5H,6-7H2,1H3,(H,15,16). The van der Waals surface area contributed by atoms with Crippen LogP contribution in [0.15, 0.2) is 24.3 Å². The molecule has 17 heavy (non-hydrogen) atoms. The second-order valence-corrected chi connectivity index (χ2v) is 4.28. The van der Waals surface area contributed by atoms with E-state index >= 15 is 0 Å². The van der Waals surface area contributed by atoms with Crippen LogP contribution in [-0.2, 0) is 9.59 Å². The molecule has 0 heterocycles. The number of amides is 1. The van der Waals surface area contributed by atoms with Crippen LogP contribution in [0, 0.1) is 5.82 Å². The van der Waals surface area contributed by atoms with Crippen molar-refractivity contribution in [2.75, 3.05) is 23.5 Å². The van der Waals surface area contributed by atoms with Gasteiger partial charge in [0, 0.05) is 7.05 Å². The number of carboxylic acids is 1. The largest absolute Gasteiger partial charge is 0.481 e. The molecule has 6 heteroatoms. The summed E-state index contributed by atoms with van der Waals surface area (Å²) in [5, 5.41) is 8.42. The number of carboxylic acid groups (broad SMARTS) is 1. The zero-order valence-electron chi connectivity index (χ0n) is 9.22. The van der Waals surface area contributed by atoms with Gasteiger partial charge in [-0.3, -0.25) is 9.59 Å². The van der Waals surface area contributed by atoms with Crippen molar-refractivity contribution in [2.45, 2.75) is 0 Å². The number of aliphatic carboxylic acids is 1. The molecule has 0 aliphatic heterocycles. The van der Waals surface area contributed by atoms with E-state index in [4.69, 9.17) is 5.11 Å². The van der Waals surface area contributed by atoms with Gasteiger partial charge in [-0.1, -0.05) is 12.1 Å². The molecule has 0 unspecified atom stereocenters. The number of hydrogen-bond donors (Lipinski definition) is 1. The van der Waals surface area contributed by atoms with E-state index in [0.29, 0.717) is 0 Å². The van der Waals surface area contributed by atoms with Crippen LogP contribution in [0.2, 0.25) is 0 Å². The molecule has 0 radical (unpaired) electrons. The van der Waals surface area contributed by atoms with Crippen molar-refractivity contribution in [1.29, 1.82) is 0 Å². The summed E-state index contributed by atoms with van der Waals surface area (Å²) in [7, 11) is 1.46. The third kappa shape index (κ3) is 4.07.